The summed E-state index contributed by atoms with van der Waals surface area (Å²) in [4.78, 5) is 226. The minimum Gasteiger partial charge on any atom is -0.394 e. The van der Waals surface area contributed by atoms with E-state index in [4.69, 9.17) is 17.2 Å². The average molecular weight is 1560 g/mol. The normalized spacial score (nSPS) is 14.2. The Kier molecular flexibility index (Phi) is 41.3. The first-order valence-corrected chi connectivity index (χ1v) is 37.5. The van der Waals surface area contributed by atoms with Gasteiger partial charge < -0.3 is 117 Å². The number of imidazole rings is 1. The number of H-pyrrole nitrogens is 2. The molecule has 0 saturated heterocycles. The molecule has 1 aromatic carbocycles. The number of rotatable bonds is 51. The van der Waals surface area contributed by atoms with Gasteiger partial charge in [-0.25, -0.2) is 4.98 Å². The molecule has 0 radical (unpaired) electrons. The van der Waals surface area contributed by atoms with E-state index in [2.05, 4.69) is 89.4 Å². The number of primary amides is 2. The number of para-hydroxylation sites is 1. The molecular weight excluding hydrogens is 1450 g/mol. The summed E-state index contributed by atoms with van der Waals surface area (Å²) in [6.45, 7) is 5.90. The van der Waals surface area contributed by atoms with E-state index >= 15 is 0 Å². The number of carbonyl (C=O) groups excluding carboxylic acids is 16. The fourth-order valence-electron chi connectivity index (χ4n) is 10.4. The standard InChI is InChI=1S/C67H107N21O18S2/c1-35(2)22-46(63(102)81-43(57(70)96)19-21-107-9)83-64(103)48(24-40-26-71-33-75-40)79-54(94)28-74-67(106)56(36(3)4)87-58(97)37(5)77-62(101)47(23-39-25-72-42-15-11-10-14-41(39)42)84-61(100)45(17-18-52(69)92)82-66(105)50(31-90)85-60(99)44(16-12-13-20-68)78-53(93)27-73-59(98)51(32-108-34-76-38(6)91)86-65(104)49(30-89)80-55(95)29-88(7)8/h10-11,14-15,25-26,33,35-37,43-51,56,72,89-90H,12-13,16-24,27-32,34,68H2,1-9H3,(H2,69,92)(H2,70,96)(H,71,75)(H,73,98)(H,74,106)(H,76,91)(H,77,101)(H,78,93)(H,79,94)(H,80,95)(H,81,102)(H,82,105)(H,83,103)(H,84,100)(H,85,99)(H,86,104)(H,87,97)/t37-,43-,44-,45-,46-,47-,48-,49-,50-,51-,56-/m0/s1. The van der Waals surface area contributed by atoms with E-state index < -0.39 is 206 Å². The number of nitrogens with one attached hydrogen (secondary N) is 16. The van der Waals surface area contributed by atoms with E-state index in [1.807, 2.05) is 20.1 Å². The van der Waals surface area contributed by atoms with Crippen molar-refractivity contribution in [3.8, 4) is 0 Å². The topological polar surface area (TPSA) is 608 Å². The second-order valence-corrected chi connectivity index (χ2v) is 28.4. The van der Waals surface area contributed by atoms with Gasteiger partial charge in [0.25, 0.3) is 0 Å². The van der Waals surface area contributed by atoms with Crippen LogP contribution in [-0.2, 0) is 89.6 Å². The number of nitrogens with zero attached hydrogens (tertiary/aromatic N) is 2. The largest absolute Gasteiger partial charge is 0.394 e. The van der Waals surface area contributed by atoms with E-state index in [-0.39, 0.29) is 69.2 Å². The van der Waals surface area contributed by atoms with Crippen molar-refractivity contribution in [2.75, 3.05) is 77.1 Å². The Morgan fingerprint density at radius 3 is 1.66 bits per heavy atom. The molecule has 0 aliphatic rings. The lowest BCUT2D eigenvalue weighted by Crippen LogP contribution is -2.60. The first-order valence-electron chi connectivity index (χ1n) is 35.0. The number of aromatic nitrogens is 3. The molecule has 0 aliphatic carbocycles. The van der Waals surface area contributed by atoms with Crippen molar-refractivity contribution in [2.45, 2.75) is 166 Å². The van der Waals surface area contributed by atoms with Crippen molar-refractivity contribution in [3.05, 3.63) is 54.2 Å². The van der Waals surface area contributed by atoms with Gasteiger partial charge in [-0.1, -0.05) is 45.9 Å². The average Bonchev–Trinajstić information content (AvgIpc) is 1.70. The molecule has 24 N–H and O–H groups in total. The molecule has 3 aromatic rings. The van der Waals surface area contributed by atoms with Crippen LogP contribution in [-0.4, -0.2) is 268 Å². The SMILES string of the molecule is CSCC[C@H](NC(=O)[C@H](CC(C)C)NC(=O)[C@H](Cc1cnc[nH]1)NC(=O)CNC(=O)[C@@H](NC(=O)[C@H](C)NC(=O)[C@H](Cc1c[nH]c2ccccc12)NC(=O)[C@H](CCC(N)=O)NC(=O)[C@H](CO)NC(=O)[C@H](CCCCN)NC(=O)CNC(=O)[C@H](CSCNC(C)=O)NC(=O)[C@H](CO)NC(=O)CN(C)C)C(C)C)C(N)=O. The summed E-state index contributed by atoms with van der Waals surface area (Å²) in [7, 11) is 3.20. The molecule has 41 heteroatoms. The molecule has 2 heterocycles. The van der Waals surface area contributed by atoms with Crippen LogP contribution in [0.4, 0.5) is 0 Å². The number of carbonyl (C=O) groups is 16. The number of amides is 16. The van der Waals surface area contributed by atoms with E-state index in [1.54, 1.807) is 58.4 Å². The third-order valence-electron chi connectivity index (χ3n) is 16.2. The van der Waals surface area contributed by atoms with Crippen LogP contribution in [0.15, 0.2) is 43.0 Å². The highest BCUT2D eigenvalue weighted by atomic mass is 32.2. The van der Waals surface area contributed by atoms with Crippen molar-refractivity contribution in [2.24, 2.45) is 29.0 Å². The van der Waals surface area contributed by atoms with E-state index in [0.717, 1.165) is 11.8 Å². The van der Waals surface area contributed by atoms with Crippen LogP contribution in [0.25, 0.3) is 10.9 Å². The molecular formula is C67H107N21O18S2. The molecule has 3 rings (SSSR count). The number of likely N-dealkylation sites (N-methyl/N-ethyl adjacent to an activating group) is 1. The minimum atomic E-state index is -1.86. The Morgan fingerprint density at radius 1 is 0.556 bits per heavy atom. The maximum absolute atomic E-state index is 14.5. The van der Waals surface area contributed by atoms with E-state index in [1.165, 1.54) is 43.0 Å². The predicted molar refractivity (Wildman–Crippen MR) is 399 cm³/mol. The lowest BCUT2D eigenvalue weighted by atomic mass is 10.0. The zero-order valence-electron chi connectivity index (χ0n) is 62.1. The van der Waals surface area contributed by atoms with Crippen LogP contribution >= 0.6 is 23.5 Å². The van der Waals surface area contributed by atoms with Gasteiger partial charge in [-0.2, -0.15) is 11.8 Å². The maximum Gasteiger partial charge on any atom is 0.245 e. The summed E-state index contributed by atoms with van der Waals surface area (Å²) in [5.41, 5.74) is 18.3. The number of unbranched alkanes of at least 4 members (excludes halogenated alkanes) is 1. The summed E-state index contributed by atoms with van der Waals surface area (Å²) >= 11 is 2.45. The number of hydrogen-bond acceptors (Lipinski definition) is 23. The molecule has 0 fully saturated rings. The molecule has 39 nitrogen and oxygen atoms in total. The van der Waals surface area contributed by atoms with E-state index in [0.29, 0.717) is 34.3 Å². The fraction of sp³-hybridized carbons (Fsp3) is 0.597. The first-order chi connectivity index (χ1) is 51.1. The van der Waals surface area contributed by atoms with Gasteiger partial charge in [0.15, 0.2) is 0 Å². The molecule has 0 saturated carbocycles. The smallest absolute Gasteiger partial charge is 0.245 e. The van der Waals surface area contributed by atoms with Crippen LogP contribution in [0.2, 0.25) is 0 Å². The fourth-order valence-corrected chi connectivity index (χ4v) is 11.8. The molecule has 0 bridgehead atoms. The Labute approximate surface area is 633 Å². The quantitative estimate of drug-likeness (QED) is 0.0184. The molecule has 108 heavy (non-hydrogen) atoms. The molecule has 11 atom stereocenters. The molecule has 0 spiro atoms. The molecule has 0 unspecified atom stereocenters. The number of thioether (sulfide) groups is 2. The number of hydrogen-bond donors (Lipinski definition) is 21. The number of benzene rings is 1. The monoisotopic (exact) mass is 1560 g/mol. The Balaban J connectivity index is 1.82. The lowest BCUT2D eigenvalue weighted by molar-refractivity contribution is -0.136. The predicted octanol–water partition coefficient (Wildman–Crippen LogP) is -7.03. The first kappa shape index (κ1) is 92.2. The van der Waals surface area contributed by atoms with Crippen LogP contribution in [0.1, 0.15) is 97.7 Å². The van der Waals surface area contributed by atoms with E-state index in [9.17, 15) is 86.9 Å². The summed E-state index contributed by atoms with van der Waals surface area (Å²) in [5.74, 6) is -14.3. The summed E-state index contributed by atoms with van der Waals surface area (Å²) in [5, 5.41) is 55.9. The van der Waals surface area contributed by atoms with Crippen molar-refractivity contribution in [3.63, 3.8) is 0 Å². The van der Waals surface area contributed by atoms with Crippen LogP contribution in [0.3, 0.4) is 0 Å². The van der Waals surface area contributed by atoms with Gasteiger partial charge in [0.2, 0.25) is 94.5 Å². The summed E-state index contributed by atoms with van der Waals surface area (Å²) in [6, 6.07) is -8.88. The van der Waals surface area contributed by atoms with Gasteiger partial charge >= 0.3 is 0 Å². The number of aliphatic hydroxyl groups excluding tert-OH is 2. The van der Waals surface area contributed by atoms with Crippen molar-refractivity contribution in [1.29, 1.82) is 0 Å². The number of aliphatic hydroxyl groups is 2. The second kappa shape index (κ2) is 48.4. The zero-order chi connectivity index (χ0) is 80.7. The Morgan fingerprint density at radius 2 is 1.08 bits per heavy atom. The molecule has 0 aliphatic heterocycles. The van der Waals surface area contributed by atoms with Crippen molar-refractivity contribution >= 4 is 129 Å². The van der Waals surface area contributed by atoms with Gasteiger partial charge in [0.05, 0.1) is 45.1 Å². The van der Waals surface area contributed by atoms with Gasteiger partial charge in [-0.15, -0.1) is 11.8 Å². The number of nitrogens with two attached hydrogens (primary N) is 3. The highest BCUT2D eigenvalue weighted by Crippen LogP contribution is 2.20. The minimum absolute atomic E-state index is 0.00335. The van der Waals surface area contributed by atoms with Crippen molar-refractivity contribution < 1.29 is 86.9 Å². The number of fused-ring (bicyclic) bond motifs is 1. The third-order valence-corrected chi connectivity index (χ3v) is 17.7. The summed E-state index contributed by atoms with van der Waals surface area (Å²) in [6.07, 6.45) is 5.57. The molecule has 16 amide bonds. The number of aromatic amines is 2. The van der Waals surface area contributed by atoms with Crippen molar-refractivity contribution in [1.82, 2.24) is 94.3 Å². The molecule has 2 aromatic heterocycles. The lowest BCUT2D eigenvalue weighted by Gasteiger charge is -2.27. The Bertz CT molecular complexity index is 3530. The maximum atomic E-state index is 14.5. The van der Waals surface area contributed by atoms with Gasteiger partial charge in [-0.3, -0.25) is 76.7 Å². The second-order valence-electron chi connectivity index (χ2n) is 26.4. The summed E-state index contributed by atoms with van der Waals surface area (Å²) < 4.78 is 0. The van der Waals surface area contributed by atoms with Crippen LogP contribution in [0.5, 0.6) is 0 Å². The van der Waals surface area contributed by atoms with Crippen LogP contribution < -0.4 is 91.6 Å². The Hall–Kier alpha value is -9.97. The highest BCUT2D eigenvalue weighted by Gasteiger charge is 2.36. The highest BCUT2D eigenvalue weighted by molar-refractivity contribution is 7.99. The zero-order valence-corrected chi connectivity index (χ0v) is 63.8. The van der Waals surface area contributed by atoms with Gasteiger partial charge in [0, 0.05) is 60.9 Å². The third kappa shape index (κ3) is 33.9. The van der Waals surface area contributed by atoms with Gasteiger partial charge in [-0.05, 0) is 102 Å². The molecule has 600 valence electrons. The van der Waals surface area contributed by atoms with Crippen LogP contribution in [0, 0.1) is 11.8 Å². The van der Waals surface area contributed by atoms with Gasteiger partial charge in [0.1, 0.15) is 66.5 Å².